The number of nitrogens with one attached hydrogen (secondary N) is 1. The molecule has 0 spiro atoms. The largest absolute Gasteiger partial charge is 0.395 e. The van der Waals surface area contributed by atoms with Crippen molar-refractivity contribution in [3.8, 4) is 0 Å². The normalized spacial score (nSPS) is 33.2. The first-order chi connectivity index (χ1) is 6.15. The standard InChI is InChI=1S/C8H17NO4/c10-3-6-1-7(13)2-8(4-11,5-12)9-6/h6-7,9-13H,1-5H2/t6-,7-/m0/s1. The second-order valence-electron chi connectivity index (χ2n) is 3.71. The Morgan fingerprint density at radius 3 is 2.31 bits per heavy atom. The van der Waals surface area contributed by atoms with Crippen LogP contribution in [0, 0.1) is 0 Å². The number of aliphatic hydroxyl groups excluding tert-OH is 4. The molecule has 0 aromatic rings. The maximum Gasteiger partial charge on any atom is 0.0675 e. The molecular weight excluding hydrogens is 174 g/mol. The summed E-state index contributed by atoms with van der Waals surface area (Å²) in [5, 5.41) is 39.4. The first-order valence-electron chi connectivity index (χ1n) is 4.44. The van der Waals surface area contributed by atoms with Gasteiger partial charge in [0.2, 0.25) is 0 Å². The molecule has 0 radical (unpaired) electrons. The van der Waals surface area contributed by atoms with E-state index in [4.69, 9.17) is 15.3 Å². The fourth-order valence-corrected chi connectivity index (χ4v) is 1.80. The van der Waals surface area contributed by atoms with Crippen molar-refractivity contribution in [2.24, 2.45) is 0 Å². The topological polar surface area (TPSA) is 93.0 Å². The maximum atomic E-state index is 9.44. The summed E-state index contributed by atoms with van der Waals surface area (Å²) >= 11 is 0. The molecule has 78 valence electrons. The van der Waals surface area contributed by atoms with Gasteiger partial charge in [-0.3, -0.25) is 0 Å². The van der Waals surface area contributed by atoms with Crippen LogP contribution >= 0.6 is 0 Å². The molecule has 5 nitrogen and oxygen atoms in total. The lowest BCUT2D eigenvalue weighted by molar-refractivity contribution is -0.0148. The van der Waals surface area contributed by atoms with Crippen molar-refractivity contribution in [1.29, 1.82) is 0 Å². The van der Waals surface area contributed by atoms with Gasteiger partial charge in [-0.05, 0) is 12.8 Å². The van der Waals surface area contributed by atoms with Gasteiger partial charge in [0, 0.05) is 6.04 Å². The Balaban J connectivity index is 2.64. The zero-order valence-electron chi connectivity index (χ0n) is 7.48. The Labute approximate surface area is 77.0 Å². The first kappa shape index (κ1) is 10.9. The van der Waals surface area contributed by atoms with Crippen LogP contribution in [0.3, 0.4) is 0 Å². The van der Waals surface area contributed by atoms with Gasteiger partial charge in [0.15, 0.2) is 0 Å². The summed E-state index contributed by atoms with van der Waals surface area (Å²) in [6.07, 6.45) is 0.201. The minimum Gasteiger partial charge on any atom is -0.395 e. The summed E-state index contributed by atoms with van der Waals surface area (Å²) in [5.74, 6) is 0. The van der Waals surface area contributed by atoms with Crippen molar-refractivity contribution in [3.05, 3.63) is 0 Å². The molecule has 13 heavy (non-hydrogen) atoms. The van der Waals surface area contributed by atoms with Gasteiger partial charge < -0.3 is 25.7 Å². The zero-order valence-corrected chi connectivity index (χ0v) is 7.48. The highest BCUT2D eigenvalue weighted by atomic mass is 16.3. The SMILES string of the molecule is OC[C@@H]1C[C@H](O)CC(CO)(CO)N1. The third kappa shape index (κ3) is 2.38. The molecule has 5 N–H and O–H groups in total. The summed E-state index contributed by atoms with van der Waals surface area (Å²) in [6, 6.07) is -0.247. The molecule has 0 saturated carbocycles. The molecule has 0 aliphatic carbocycles. The molecule has 1 aliphatic rings. The minimum atomic E-state index is -0.842. The van der Waals surface area contributed by atoms with Crippen molar-refractivity contribution in [2.45, 2.75) is 30.5 Å². The van der Waals surface area contributed by atoms with Crippen LogP contribution in [-0.2, 0) is 0 Å². The Morgan fingerprint density at radius 2 is 1.85 bits per heavy atom. The van der Waals surface area contributed by atoms with E-state index < -0.39 is 11.6 Å². The van der Waals surface area contributed by atoms with E-state index in [0.29, 0.717) is 12.8 Å². The monoisotopic (exact) mass is 191 g/mol. The summed E-state index contributed by atoms with van der Waals surface area (Å²) in [4.78, 5) is 0. The van der Waals surface area contributed by atoms with Crippen LogP contribution in [-0.4, -0.2) is 57.9 Å². The van der Waals surface area contributed by atoms with Crippen molar-refractivity contribution in [3.63, 3.8) is 0 Å². The lowest BCUT2D eigenvalue weighted by atomic mass is 9.85. The Kier molecular flexibility index (Phi) is 3.63. The molecule has 0 unspecified atom stereocenters. The van der Waals surface area contributed by atoms with Gasteiger partial charge in [-0.15, -0.1) is 0 Å². The van der Waals surface area contributed by atoms with E-state index in [1.165, 1.54) is 0 Å². The number of rotatable bonds is 3. The molecule has 1 aliphatic heterocycles. The van der Waals surface area contributed by atoms with E-state index in [0.717, 1.165) is 0 Å². The zero-order chi connectivity index (χ0) is 9.90. The highest BCUT2D eigenvalue weighted by Gasteiger charge is 2.38. The number of hydrogen-bond donors (Lipinski definition) is 5. The van der Waals surface area contributed by atoms with E-state index in [-0.39, 0.29) is 25.9 Å². The van der Waals surface area contributed by atoms with Gasteiger partial charge in [0.05, 0.1) is 31.5 Å². The van der Waals surface area contributed by atoms with Crippen molar-refractivity contribution in [2.75, 3.05) is 19.8 Å². The molecule has 0 aromatic carbocycles. The van der Waals surface area contributed by atoms with E-state index in [1.807, 2.05) is 0 Å². The highest BCUT2D eigenvalue weighted by molar-refractivity contribution is 4.97. The average molecular weight is 191 g/mol. The predicted molar refractivity (Wildman–Crippen MR) is 46.2 cm³/mol. The lowest BCUT2D eigenvalue weighted by Crippen LogP contribution is -2.62. The number of piperidine rings is 1. The van der Waals surface area contributed by atoms with Crippen molar-refractivity contribution < 1.29 is 20.4 Å². The summed E-state index contributed by atoms with van der Waals surface area (Å²) in [7, 11) is 0. The molecule has 2 atom stereocenters. The van der Waals surface area contributed by atoms with E-state index in [1.54, 1.807) is 0 Å². The molecule has 1 heterocycles. The Hall–Kier alpha value is -0.200. The summed E-state index contributed by atoms with van der Waals surface area (Å²) in [6.45, 7) is -0.576. The maximum absolute atomic E-state index is 9.44. The number of aliphatic hydroxyl groups is 4. The minimum absolute atomic E-state index is 0.0984. The fourth-order valence-electron chi connectivity index (χ4n) is 1.80. The van der Waals surface area contributed by atoms with Gasteiger partial charge in [-0.2, -0.15) is 0 Å². The van der Waals surface area contributed by atoms with Gasteiger partial charge in [-0.1, -0.05) is 0 Å². The van der Waals surface area contributed by atoms with Crippen molar-refractivity contribution in [1.82, 2.24) is 5.32 Å². The lowest BCUT2D eigenvalue weighted by Gasteiger charge is -2.41. The first-order valence-corrected chi connectivity index (χ1v) is 4.44. The average Bonchev–Trinajstić information content (AvgIpc) is 2.16. The van der Waals surface area contributed by atoms with Gasteiger partial charge in [-0.25, -0.2) is 0 Å². The number of hydrogen-bond acceptors (Lipinski definition) is 5. The second-order valence-corrected chi connectivity index (χ2v) is 3.71. The third-order valence-electron chi connectivity index (χ3n) is 2.52. The molecule has 1 rings (SSSR count). The summed E-state index contributed by atoms with van der Waals surface area (Å²) in [5.41, 5.74) is -0.842. The fraction of sp³-hybridized carbons (Fsp3) is 1.00. The highest BCUT2D eigenvalue weighted by Crippen LogP contribution is 2.22. The molecular formula is C8H17NO4. The molecule has 0 bridgehead atoms. The Bertz CT molecular complexity index is 160. The van der Waals surface area contributed by atoms with Crippen LogP contribution in [0.2, 0.25) is 0 Å². The van der Waals surface area contributed by atoms with E-state index >= 15 is 0 Å². The molecule has 1 saturated heterocycles. The van der Waals surface area contributed by atoms with Gasteiger partial charge in [0.1, 0.15) is 0 Å². The Morgan fingerprint density at radius 1 is 1.23 bits per heavy atom. The van der Waals surface area contributed by atoms with E-state index in [9.17, 15) is 5.11 Å². The van der Waals surface area contributed by atoms with Crippen LogP contribution < -0.4 is 5.32 Å². The molecule has 1 fully saturated rings. The van der Waals surface area contributed by atoms with Crippen LogP contribution in [0.25, 0.3) is 0 Å². The van der Waals surface area contributed by atoms with Crippen molar-refractivity contribution >= 4 is 0 Å². The van der Waals surface area contributed by atoms with Gasteiger partial charge in [0.25, 0.3) is 0 Å². The van der Waals surface area contributed by atoms with Crippen LogP contribution in [0.15, 0.2) is 0 Å². The third-order valence-corrected chi connectivity index (χ3v) is 2.52. The van der Waals surface area contributed by atoms with Gasteiger partial charge >= 0.3 is 0 Å². The van der Waals surface area contributed by atoms with E-state index in [2.05, 4.69) is 5.32 Å². The predicted octanol–water partition coefficient (Wildman–Crippen LogP) is -2.18. The molecule has 0 amide bonds. The quantitative estimate of drug-likeness (QED) is 0.349. The van der Waals surface area contributed by atoms with Crippen LogP contribution in [0.4, 0.5) is 0 Å². The molecule has 5 heteroatoms. The second kappa shape index (κ2) is 4.34. The summed E-state index contributed by atoms with van der Waals surface area (Å²) < 4.78 is 0. The molecule has 0 aromatic heterocycles. The van der Waals surface area contributed by atoms with Crippen LogP contribution in [0.1, 0.15) is 12.8 Å². The van der Waals surface area contributed by atoms with Crippen LogP contribution in [0.5, 0.6) is 0 Å². The smallest absolute Gasteiger partial charge is 0.0675 e.